The molecule has 1 aromatic carbocycles. The first-order chi connectivity index (χ1) is 7.05. The Kier molecular flexibility index (Phi) is 4.26. The third kappa shape index (κ3) is 3.62. The first-order valence-electron chi connectivity index (χ1n) is 4.68. The molecule has 0 radical (unpaired) electrons. The van der Waals surface area contributed by atoms with E-state index in [-0.39, 0.29) is 13.0 Å². The fraction of sp³-hybridized carbons (Fsp3) is 0.400. The summed E-state index contributed by atoms with van der Waals surface area (Å²) in [6, 6.07) is 8.50. The average molecular weight is 230 g/mol. The predicted molar refractivity (Wildman–Crippen MR) is 57.1 cm³/mol. The summed E-state index contributed by atoms with van der Waals surface area (Å²) in [5.41, 5.74) is 0.549. The van der Waals surface area contributed by atoms with Gasteiger partial charge in [0.1, 0.15) is 5.25 Å². The van der Waals surface area contributed by atoms with Crippen molar-refractivity contribution in [3.05, 3.63) is 35.9 Å². The summed E-state index contributed by atoms with van der Waals surface area (Å²) in [6.45, 7) is -0.0845. The van der Waals surface area contributed by atoms with E-state index in [1.165, 1.54) is 0 Å². The number of hydrogen-bond donors (Lipinski definition) is 2. The van der Waals surface area contributed by atoms with Crippen LogP contribution in [0.3, 0.4) is 0 Å². The number of rotatable bonds is 5. The van der Waals surface area contributed by atoms with Gasteiger partial charge in [0.2, 0.25) is 0 Å². The van der Waals surface area contributed by atoms with Crippen LogP contribution in [0.4, 0.5) is 0 Å². The summed E-state index contributed by atoms with van der Waals surface area (Å²) in [5.74, 6) is 0. The van der Waals surface area contributed by atoms with Gasteiger partial charge in [0.05, 0.1) is 0 Å². The lowest BCUT2D eigenvalue weighted by atomic mass is 10.1. The molecule has 5 heteroatoms. The van der Waals surface area contributed by atoms with Crippen LogP contribution in [0.5, 0.6) is 0 Å². The second-order valence-electron chi connectivity index (χ2n) is 3.28. The maximum atomic E-state index is 11.1. The maximum absolute atomic E-state index is 11.1. The lowest BCUT2D eigenvalue weighted by Gasteiger charge is -2.13. The molecule has 0 aromatic heterocycles. The van der Waals surface area contributed by atoms with E-state index in [1.807, 2.05) is 0 Å². The molecule has 4 nitrogen and oxygen atoms in total. The van der Waals surface area contributed by atoms with Gasteiger partial charge in [-0.15, -0.1) is 0 Å². The van der Waals surface area contributed by atoms with Crippen LogP contribution < -0.4 is 0 Å². The zero-order valence-electron chi connectivity index (χ0n) is 8.20. The van der Waals surface area contributed by atoms with Crippen molar-refractivity contribution in [2.45, 2.75) is 18.1 Å². The molecule has 0 saturated heterocycles. The van der Waals surface area contributed by atoms with Crippen LogP contribution in [0.2, 0.25) is 0 Å². The third-order valence-electron chi connectivity index (χ3n) is 2.16. The molecule has 2 N–H and O–H groups in total. The molecular formula is C10H14O4S. The van der Waals surface area contributed by atoms with E-state index in [1.54, 1.807) is 30.3 Å². The zero-order chi connectivity index (χ0) is 11.3. The van der Waals surface area contributed by atoms with Crippen molar-refractivity contribution in [3.8, 4) is 0 Å². The lowest BCUT2D eigenvalue weighted by Crippen LogP contribution is -2.12. The van der Waals surface area contributed by atoms with Gasteiger partial charge in [-0.3, -0.25) is 4.55 Å². The SMILES string of the molecule is O=S(=O)(O)C(CCCO)c1ccccc1. The highest BCUT2D eigenvalue weighted by Gasteiger charge is 2.23. The molecule has 0 aliphatic carbocycles. The van der Waals surface area contributed by atoms with Gasteiger partial charge < -0.3 is 5.11 Å². The second-order valence-corrected chi connectivity index (χ2v) is 4.88. The van der Waals surface area contributed by atoms with Gasteiger partial charge in [0.25, 0.3) is 10.1 Å². The number of hydrogen-bond acceptors (Lipinski definition) is 3. The van der Waals surface area contributed by atoms with Gasteiger partial charge in [-0.2, -0.15) is 8.42 Å². The average Bonchev–Trinajstić information content (AvgIpc) is 2.18. The number of aliphatic hydroxyl groups is 1. The van der Waals surface area contributed by atoms with Gasteiger partial charge >= 0.3 is 0 Å². The Morgan fingerprint density at radius 2 is 1.80 bits per heavy atom. The van der Waals surface area contributed by atoms with Gasteiger partial charge in [-0.1, -0.05) is 30.3 Å². The monoisotopic (exact) mass is 230 g/mol. The molecule has 0 spiro atoms. The summed E-state index contributed by atoms with van der Waals surface area (Å²) in [6.07, 6.45) is 0.568. The smallest absolute Gasteiger partial charge is 0.271 e. The minimum atomic E-state index is -4.10. The summed E-state index contributed by atoms with van der Waals surface area (Å²) < 4.78 is 31.3. The predicted octanol–water partition coefficient (Wildman–Crippen LogP) is 1.39. The topological polar surface area (TPSA) is 74.6 Å². The molecule has 1 unspecified atom stereocenters. The minimum absolute atomic E-state index is 0.0845. The summed E-state index contributed by atoms with van der Waals surface area (Å²) in [5, 5.41) is 7.71. The van der Waals surface area contributed by atoms with Crippen LogP contribution in [-0.2, 0) is 10.1 Å². The highest BCUT2D eigenvalue weighted by Crippen LogP contribution is 2.25. The Morgan fingerprint density at radius 3 is 2.27 bits per heavy atom. The van der Waals surface area contributed by atoms with E-state index in [9.17, 15) is 8.42 Å². The van der Waals surface area contributed by atoms with Crippen molar-refractivity contribution < 1.29 is 18.1 Å². The largest absolute Gasteiger partial charge is 0.396 e. The first-order valence-corrected chi connectivity index (χ1v) is 6.18. The number of aliphatic hydroxyl groups excluding tert-OH is 1. The highest BCUT2D eigenvalue weighted by molar-refractivity contribution is 7.86. The second kappa shape index (κ2) is 5.25. The molecule has 1 atom stereocenters. The van der Waals surface area contributed by atoms with Gasteiger partial charge in [-0.05, 0) is 18.4 Å². The van der Waals surface area contributed by atoms with E-state index in [0.29, 0.717) is 12.0 Å². The molecule has 1 rings (SSSR count). The van der Waals surface area contributed by atoms with Crippen LogP contribution >= 0.6 is 0 Å². The minimum Gasteiger partial charge on any atom is -0.396 e. The summed E-state index contributed by atoms with van der Waals surface area (Å²) >= 11 is 0. The fourth-order valence-electron chi connectivity index (χ4n) is 1.43. The standard InChI is InChI=1S/C10H14O4S/c11-8-4-7-10(15(12,13)14)9-5-2-1-3-6-9/h1-3,5-6,10-11H,4,7-8H2,(H,12,13,14). The normalized spacial score (nSPS) is 13.7. The van der Waals surface area contributed by atoms with Crippen LogP contribution in [-0.4, -0.2) is 24.7 Å². The van der Waals surface area contributed by atoms with Crippen LogP contribution in [0.25, 0.3) is 0 Å². The van der Waals surface area contributed by atoms with Crippen molar-refractivity contribution in [2.75, 3.05) is 6.61 Å². The van der Waals surface area contributed by atoms with E-state index < -0.39 is 15.4 Å². The molecule has 0 fully saturated rings. The Morgan fingerprint density at radius 1 is 1.20 bits per heavy atom. The van der Waals surface area contributed by atoms with Gasteiger partial charge in [0.15, 0.2) is 0 Å². The first kappa shape index (κ1) is 12.2. The molecular weight excluding hydrogens is 216 g/mol. The Hall–Kier alpha value is -0.910. The third-order valence-corrected chi connectivity index (χ3v) is 3.38. The molecule has 0 bridgehead atoms. The summed E-state index contributed by atoms with van der Waals surface area (Å²) in [4.78, 5) is 0. The molecule has 0 saturated carbocycles. The Bertz CT molecular complexity index is 385. The molecule has 0 amide bonds. The van der Waals surface area contributed by atoms with Crippen LogP contribution in [0.15, 0.2) is 30.3 Å². The van der Waals surface area contributed by atoms with Gasteiger partial charge in [0, 0.05) is 6.61 Å². The van der Waals surface area contributed by atoms with Crippen molar-refractivity contribution in [3.63, 3.8) is 0 Å². The number of benzene rings is 1. The molecule has 0 aliphatic rings. The zero-order valence-corrected chi connectivity index (χ0v) is 9.02. The van der Waals surface area contributed by atoms with Crippen LogP contribution in [0.1, 0.15) is 23.7 Å². The Labute approximate surface area is 89.3 Å². The van der Waals surface area contributed by atoms with Crippen molar-refractivity contribution in [2.24, 2.45) is 0 Å². The molecule has 1 aromatic rings. The molecule has 0 aliphatic heterocycles. The summed E-state index contributed by atoms with van der Waals surface area (Å²) in [7, 11) is -4.10. The van der Waals surface area contributed by atoms with Gasteiger partial charge in [-0.25, -0.2) is 0 Å². The molecule has 84 valence electrons. The fourth-order valence-corrected chi connectivity index (χ4v) is 2.40. The van der Waals surface area contributed by atoms with Crippen LogP contribution in [0, 0.1) is 0 Å². The lowest BCUT2D eigenvalue weighted by molar-refractivity contribution is 0.283. The van der Waals surface area contributed by atoms with Crippen molar-refractivity contribution in [1.82, 2.24) is 0 Å². The Balaban J connectivity index is 2.92. The maximum Gasteiger partial charge on any atom is 0.271 e. The quantitative estimate of drug-likeness (QED) is 0.749. The van der Waals surface area contributed by atoms with Crippen molar-refractivity contribution in [1.29, 1.82) is 0 Å². The highest BCUT2D eigenvalue weighted by atomic mass is 32.2. The van der Waals surface area contributed by atoms with E-state index >= 15 is 0 Å². The van der Waals surface area contributed by atoms with E-state index in [4.69, 9.17) is 9.66 Å². The van der Waals surface area contributed by atoms with Crippen molar-refractivity contribution >= 4 is 10.1 Å². The molecule has 0 heterocycles. The van der Waals surface area contributed by atoms with E-state index in [0.717, 1.165) is 0 Å². The van der Waals surface area contributed by atoms with E-state index in [2.05, 4.69) is 0 Å². The molecule has 15 heavy (non-hydrogen) atoms.